The molecule has 0 radical (unpaired) electrons. The maximum Gasteiger partial charge on any atom is 0.279 e. The molecule has 2 aromatic heterocycles. The zero-order chi connectivity index (χ0) is 26.4. The topological polar surface area (TPSA) is 143 Å². The van der Waals surface area contributed by atoms with Crippen LogP contribution < -0.4 is 5.32 Å². The van der Waals surface area contributed by atoms with Crippen LogP contribution in [0, 0.1) is 10.1 Å². The fourth-order valence-corrected chi connectivity index (χ4v) is 5.44. The molecule has 3 N–H and O–H groups in total. The van der Waals surface area contributed by atoms with Crippen molar-refractivity contribution >= 4 is 50.5 Å². The van der Waals surface area contributed by atoms with E-state index in [-0.39, 0.29) is 34.3 Å². The molecule has 194 valence electrons. The summed E-state index contributed by atoms with van der Waals surface area (Å²) >= 11 is 0. The van der Waals surface area contributed by atoms with Crippen LogP contribution in [0.25, 0.3) is 33.0 Å². The van der Waals surface area contributed by atoms with Gasteiger partial charge in [0.25, 0.3) is 17.5 Å². The van der Waals surface area contributed by atoms with Crippen molar-refractivity contribution in [1.29, 1.82) is 0 Å². The Labute approximate surface area is 216 Å². The average molecular weight is 516 g/mol. The lowest BCUT2D eigenvalue weighted by molar-refractivity contribution is -0.383. The first kappa shape index (κ1) is 24.0. The Morgan fingerprint density at radius 1 is 1.00 bits per heavy atom. The van der Waals surface area contributed by atoms with Gasteiger partial charge < -0.3 is 19.4 Å². The number of hydrogen-bond acceptors (Lipinski definition) is 7. The van der Waals surface area contributed by atoms with Gasteiger partial charge in [-0.15, -0.1) is 0 Å². The van der Waals surface area contributed by atoms with Gasteiger partial charge in [0.05, 0.1) is 46.3 Å². The molecule has 1 unspecified atom stereocenters. The predicted molar refractivity (Wildman–Crippen MR) is 140 cm³/mol. The summed E-state index contributed by atoms with van der Waals surface area (Å²) < 4.78 is 7.10. The largest absolute Gasteiger partial charge is 0.390 e. The standard InChI is InChI=1S/C27H25N5O6/c33-16(13-30-8-10-38-11-9-30)14-31-15-19(23-21(31)6-3-7-22(23)32(36)37)25-24(26(34)29-27(25)35)18-12-28-20-5-2-1-4-17(18)20/h1-7,12,15-16,28,33H,8-11,13-14H2,(H,29,34,35). The number of aliphatic hydroxyl groups excluding tert-OH is 1. The number of rotatable bonds is 7. The van der Waals surface area contributed by atoms with E-state index in [2.05, 4.69) is 15.2 Å². The lowest BCUT2D eigenvalue weighted by atomic mass is 9.95. The highest BCUT2D eigenvalue weighted by Crippen LogP contribution is 2.41. The van der Waals surface area contributed by atoms with E-state index < -0.39 is 22.8 Å². The molecule has 11 nitrogen and oxygen atoms in total. The van der Waals surface area contributed by atoms with Crippen LogP contribution >= 0.6 is 0 Å². The van der Waals surface area contributed by atoms with E-state index in [0.29, 0.717) is 43.9 Å². The number of aromatic nitrogens is 2. The number of nitrogens with one attached hydrogen (secondary N) is 2. The highest BCUT2D eigenvalue weighted by molar-refractivity contribution is 6.51. The van der Waals surface area contributed by atoms with Crippen molar-refractivity contribution in [3.63, 3.8) is 0 Å². The Bertz CT molecular complexity index is 1630. The molecule has 1 saturated heterocycles. The number of nitro benzene ring substituents is 1. The summed E-state index contributed by atoms with van der Waals surface area (Å²) in [6.45, 7) is 3.19. The van der Waals surface area contributed by atoms with Crippen LogP contribution in [-0.4, -0.2) is 75.2 Å². The highest BCUT2D eigenvalue weighted by Gasteiger charge is 2.36. The monoisotopic (exact) mass is 515 g/mol. The Hall–Kier alpha value is -4.32. The maximum absolute atomic E-state index is 13.2. The smallest absolute Gasteiger partial charge is 0.279 e. The molecule has 2 aromatic carbocycles. The number of ether oxygens (including phenoxy) is 1. The zero-order valence-corrected chi connectivity index (χ0v) is 20.3. The van der Waals surface area contributed by atoms with Crippen LogP contribution in [0.4, 0.5) is 5.69 Å². The van der Waals surface area contributed by atoms with E-state index in [1.807, 2.05) is 24.3 Å². The number of aromatic amines is 1. The van der Waals surface area contributed by atoms with E-state index >= 15 is 0 Å². The van der Waals surface area contributed by atoms with Gasteiger partial charge in [0.1, 0.15) is 0 Å². The van der Waals surface area contributed by atoms with Crippen LogP contribution in [0.1, 0.15) is 11.1 Å². The molecular weight excluding hydrogens is 490 g/mol. The number of morpholine rings is 1. The van der Waals surface area contributed by atoms with Gasteiger partial charge in [-0.1, -0.05) is 24.3 Å². The highest BCUT2D eigenvalue weighted by atomic mass is 16.6. The molecule has 11 heteroatoms. The van der Waals surface area contributed by atoms with Crippen molar-refractivity contribution in [2.75, 3.05) is 32.8 Å². The second-order valence-corrected chi connectivity index (χ2v) is 9.47. The van der Waals surface area contributed by atoms with Gasteiger partial charge in [-0.05, 0) is 12.1 Å². The number of aliphatic hydroxyl groups is 1. The van der Waals surface area contributed by atoms with Gasteiger partial charge in [-0.3, -0.25) is 29.9 Å². The van der Waals surface area contributed by atoms with Gasteiger partial charge in [0, 0.05) is 66.7 Å². The summed E-state index contributed by atoms with van der Waals surface area (Å²) in [7, 11) is 0. The number of imide groups is 1. The molecule has 4 aromatic rings. The van der Waals surface area contributed by atoms with E-state index in [0.717, 1.165) is 10.9 Å². The number of non-ortho nitro benzene ring substituents is 1. The number of para-hydroxylation sites is 1. The van der Waals surface area contributed by atoms with Crippen molar-refractivity contribution in [2.45, 2.75) is 12.6 Å². The molecule has 2 amide bonds. The molecule has 6 rings (SSSR count). The number of nitrogens with zero attached hydrogens (tertiary/aromatic N) is 3. The molecule has 0 bridgehead atoms. The minimum absolute atomic E-state index is 0.0699. The van der Waals surface area contributed by atoms with E-state index in [4.69, 9.17) is 4.74 Å². The first-order valence-electron chi connectivity index (χ1n) is 12.3. The summed E-state index contributed by atoms with van der Waals surface area (Å²) in [5, 5.41) is 26.3. The molecule has 2 aliphatic heterocycles. The lowest BCUT2D eigenvalue weighted by Gasteiger charge is -2.28. The number of H-pyrrole nitrogens is 1. The molecule has 38 heavy (non-hydrogen) atoms. The number of carbonyl (C=O) groups is 2. The summed E-state index contributed by atoms with van der Waals surface area (Å²) in [6, 6.07) is 12.1. The quantitative estimate of drug-likeness (QED) is 0.195. The van der Waals surface area contributed by atoms with Crippen molar-refractivity contribution in [2.24, 2.45) is 0 Å². The van der Waals surface area contributed by atoms with Crippen molar-refractivity contribution in [3.05, 3.63) is 76.1 Å². The Morgan fingerprint density at radius 2 is 1.74 bits per heavy atom. The third kappa shape index (κ3) is 4.06. The number of nitro groups is 1. The molecule has 1 atom stereocenters. The molecule has 1 fully saturated rings. The minimum atomic E-state index is -0.767. The number of benzene rings is 2. The number of amides is 2. The first-order valence-corrected chi connectivity index (χ1v) is 12.3. The number of carbonyl (C=O) groups excluding carboxylic acids is 2. The minimum Gasteiger partial charge on any atom is -0.390 e. The molecule has 0 aliphatic carbocycles. The Morgan fingerprint density at radius 3 is 2.50 bits per heavy atom. The number of hydrogen-bond donors (Lipinski definition) is 3. The van der Waals surface area contributed by atoms with Crippen LogP contribution in [0.5, 0.6) is 0 Å². The first-order chi connectivity index (χ1) is 18.4. The normalized spacial score (nSPS) is 17.5. The molecular formula is C27H25N5O6. The van der Waals surface area contributed by atoms with E-state index in [9.17, 15) is 24.8 Å². The molecule has 2 aliphatic rings. The van der Waals surface area contributed by atoms with Gasteiger partial charge in [-0.25, -0.2) is 0 Å². The molecule has 0 spiro atoms. The third-order valence-electron chi connectivity index (χ3n) is 7.12. The third-order valence-corrected chi connectivity index (χ3v) is 7.12. The summed E-state index contributed by atoms with van der Waals surface area (Å²) in [5.41, 5.74) is 2.13. The number of β-amino-alcohol motifs (C(OH)–C–C–N with tert-alkyl or cyclic N) is 1. The van der Waals surface area contributed by atoms with Gasteiger partial charge in [0.15, 0.2) is 0 Å². The number of fused-ring (bicyclic) bond motifs is 2. The fraction of sp³-hybridized carbons (Fsp3) is 0.259. The molecule has 4 heterocycles. The summed E-state index contributed by atoms with van der Waals surface area (Å²) in [4.78, 5) is 43.0. The predicted octanol–water partition coefficient (Wildman–Crippen LogP) is 2.29. The Kier molecular flexibility index (Phi) is 6.03. The van der Waals surface area contributed by atoms with Crippen LogP contribution in [0.15, 0.2) is 54.9 Å². The second-order valence-electron chi connectivity index (χ2n) is 9.47. The SMILES string of the molecule is O=C1NC(=O)C(c2cn(CC(O)CN3CCOCC3)c3cccc([N+](=O)[O-])c23)=C1c1c[nH]c2ccccc12. The second kappa shape index (κ2) is 9.53. The fourth-order valence-electron chi connectivity index (χ4n) is 5.44. The van der Waals surface area contributed by atoms with Crippen molar-refractivity contribution in [3.8, 4) is 0 Å². The zero-order valence-electron chi connectivity index (χ0n) is 20.3. The Balaban J connectivity index is 1.51. The van der Waals surface area contributed by atoms with Gasteiger partial charge >= 0.3 is 0 Å². The van der Waals surface area contributed by atoms with E-state index in [1.165, 1.54) is 6.07 Å². The molecule has 0 saturated carbocycles. The maximum atomic E-state index is 13.2. The van der Waals surface area contributed by atoms with Crippen molar-refractivity contribution < 1.29 is 24.4 Å². The van der Waals surface area contributed by atoms with Gasteiger partial charge in [0.2, 0.25) is 0 Å². The summed E-state index contributed by atoms with van der Waals surface area (Å²) in [5.74, 6) is -1.19. The average Bonchev–Trinajstić information content (AvgIpc) is 3.57. The lowest BCUT2D eigenvalue weighted by Crippen LogP contribution is -2.41. The van der Waals surface area contributed by atoms with Crippen LogP contribution in [0.3, 0.4) is 0 Å². The van der Waals surface area contributed by atoms with Crippen LogP contribution in [-0.2, 0) is 20.9 Å². The van der Waals surface area contributed by atoms with Gasteiger partial charge in [-0.2, -0.15) is 0 Å². The van der Waals surface area contributed by atoms with Crippen molar-refractivity contribution in [1.82, 2.24) is 19.8 Å². The van der Waals surface area contributed by atoms with E-state index in [1.54, 1.807) is 29.1 Å². The van der Waals surface area contributed by atoms with Crippen LogP contribution in [0.2, 0.25) is 0 Å². The summed E-state index contributed by atoms with van der Waals surface area (Å²) in [6.07, 6.45) is 2.53.